The second-order valence-electron chi connectivity index (χ2n) is 9.27. The number of benzene rings is 3. The highest BCUT2D eigenvalue weighted by Gasteiger charge is 2.27. The quantitative estimate of drug-likeness (QED) is 0.266. The molecule has 0 spiro atoms. The molecule has 0 fully saturated rings. The number of rotatable bonds is 9. The molecule has 5 rings (SSSR count). The van der Waals surface area contributed by atoms with E-state index in [-0.39, 0.29) is 19.0 Å². The third-order valence-electron chi connectivity index (χ3n) is 6.75. The van der Waals surface area contributed by atoms with E-state index in [0.717, 1.165) is 16.1 Å². The topological polar surface area (TPSA) is 103 Å². The van der Waals surface area contributed by atoms with Gasteiger partial charge in [-0.15, -0.1) is 0 Å². The number of fused-ring (bicyclic) bond motifs is 2. The first-order valence-electron chi connectivity index (χ1n) is 12.3. The average molecular weight is 566 g/mol. The molecule has 0 aliphatic rings. The molecule has 1 N–H and O–H groups in total. The van der Waals surface area contributed by atoms with Crippen LogP contribution in [-0.4, -0.2) is 50.6 Å². The summed E-state index contributed by atoms with van der Waals surface area (Å²) in [4.78, 5) is 4.52. The normalized spacial score (nSPS) is 11.6. The van der Waals surface area contributed by atoms with Gasteiger partial charge >= 0.3 is 0 Å². The van der Waals surface area contributed by atoms with E-state index in [1.54, 1.807) is 42.3 Å². The van der Waals surface area contributed by atoms with Crippen LogP contribution in [0.3, 0.4) is 0 Å². The largest absolute Gasteiger partial charge is 0.497 e. The van der Waals surface area contributed by atoms with E-state index in [0.29, 0.717) is 50.2 Å². The molecule has 0 aliphatic carbocycles. The molecule has 0 saturated heterocycles. The van der Waals surface area contributed by atoms with Crippen LogP contribution in [0.1, 0.15) is 11.1 Å². The first kappa shape index (κ1) is 27.1. The standard InChI is InChI=1S/C29H28FN3O6S/c1-32(40(4,35)36)27-22-6-5-13-31-26(22)28(39-17-18-7-11-21(37-2)12-8-18)25-23(27)16-33(29(25)34)15-19-9-10-20(30)14-24(19)38-3/h5-14,16,34H,15,17H2,1-4H3. The third kappa shape index (κ3) is 4.95. The maximum Gasteiger partial charge on any atom is 0.232 e. The van der Waals surface area contributed by atoms with Gasteiger partial charge in [-0.05, 0) is 35.9 Å². The molecule has 9 nitrogen and oxygen atoms in total. The molecule has 0 unspecified atom stereocenters. The fraction of sp³-hybridized carbons (Fsp3) is 0.207. The van der Waals surface area contributed by atoms with E-state index >= 15 is 0 Å². The Labute approximate surface area is 231 Å². The molecular weight excluding hydrogens is 537 g/mol. The van der Waals surface area contributed by atoms with Gasteiger partial charge in [0.2, 0.25) is 15.9 Å². The van der Waals surface area contributed by atoms with Crippen molar-refractivity contribution in [1.29, 1.82) is 0 Å². The van der Waals surface area contributed by atoms with Gasteiger partial charge in [-0.2, -0.15) is 0 Å². The van der Waals surface area contributed by atoms with Crippen molar-refractivity contribution in [3.05, 3.63) is 83.9 Å². The summed E-state index contributed by atoms with van der Waals surface area (Å²) in [5.41, 5.74) is 2.20. The van der Waals surface area contributed by atoms with Crippen molar-refractivity contribution in [2.45, 2.75) is 13.2 Å². The monoisotopic (exact) mass is 565 g/mol. The number of aromatic hydroxyl groups is 1. The molecule has 5 aromatic rings. The first-order chi connectivity index (χ1) is 19.1. The van der Waals surface area contributed by atoms with Crippen LogP contribution in [0.25, 0.3) is 21.7 Å². The van der Waals surface area contributed by atoms with Crippen LogP contribution in [0.5, 0.6) is 23.1 Å². The third-order valence-corrected chi connectivity index (χ3v) is 7.93. The lowest BCUT2D eigenvalue weighted by Gasteiger charge is -2.21. The molecule has 2 heterocycles. The molecule has 3 aromatic carbocycles. The molecule has 0 bridgehead atoms. The number of halogens is 1. The number of nitrogens with zero attached hydrogens (tertiary/aromatic N) is 3. The van der Waals surface area contributed by atoms with Gasteiger partial charge in [-0.3, -0.25) is 9.29 Å². The lowest BCUT2D eigenvalue weighted by Crippen LogP contribution is -2.25. The summed E-state index contributed by atoms with van der Waals surface area (Å²) in [5, 5.41) is 12.8. The van der Waals surface area contributed by atoms with Gasteiger partial charge < -0.3 is 23.9 Å². The number of ether oxygens (including phenoxy) is 3. The smallest absolute Gasteiger partial charge is 0.232 e. The minimum Gasteiger partial charge on any atom is -0.497 e. The summed E-state index contributed by atoms with van der Waals surface area (Å²) in [5.74, 6) is 0.702. The van der Waals surface area contributed by atoms with E-state index in [1.165, 1.54) is 26.3 Å². The van der Waals surface area contributed by atoms with Gasteiger partial charge in [0.05, 0.1) is 38.1 Å². The predicted molar refractivity (Wildman–Crippen MR) is 152 cm³/mol. The second-order valence-corrected chi connectivity index (χ2v) is 11.3. The van der Waals surface area contributed by atoms with Gasteiger partial charge in [0.1, 0.15) is 29.4 Å². The maximum atomic E-state index is 13.8. The van der Waals surface area contributed by atoms with Gasteiger partial charge in [0.15, 0.2) is 5.75 Å². The van der Waals surface area contributed by atoms with Crippen molar-refractivity contribution in [2.75, 3.05) is 31.8 Å². The summed E-state index contributed by atoms with van der Waals surface area (Å²) in [6.45, 7) is 0.274. The zero-order valence-electron chi connectivity index (χ0n) is 22.4. The highest BCUT2D eigenvalue weighted by Crippen LogP contribution is 2.47. The van der Waals surface area contributed by atoms with Crippen LogP contribution >= 0.6 is 0 Å². The highest BCUT2D eigenvalue weighted by molar-refractivity contribution is 7.92. The van der Waals surface area contributed by atoms with Crippen LogP contribution in [0.2, 0.25) is 0 Å². The Bertz CT molecular complexity index is 1820. The summed E-state index contributed by atoms with van der Waals surface area (Å²) >= 11 is 0. The summed E-state index contributed by atoms with van der Waals surface area (Å²) in [6.07, 6.45) is 4.34. The summed E-state index contributed by atoms with van der Waals surface area (Å²) in [6, 6.07) is 15.0. The molecule has 0 aliphatic heterocycles. The van der Waals surface area contributed by atoms with Crippen LogP contribution in [0, 0.1) is 5.82 Å². The van der Waals surface area contributed by atoms with Gasteiger partial charge in [-0.25, -0.2) is 12.8 Å². The fourth-order valence-corrected chi connectivity index (χ4v) is 5.19. The molecule has 208 valence electrons. The van der Waals surface area contributed by atoms with Crippen LogP contribution < -0.4 is 18.5 Å². The number of methoxy groups -OCH3 is 2. The minimum atomic E-state index is -3.69. The maximum absolute atomic E-state index is 13.8. The minimum absolute atomic E-state index is 0.119. The second kappa shape index (κ2) is 10.6. The molecule has 0 atom stereocenters. The van der Waals surface area contributed by atoms with E-state index in [4.69, 9.17) is 14.2 Å². The van der Waals surface area contributed by atoms with Gasteiger partial charge in [0.25, 0.3) is 0 Å². The number of aromatic nitrogens is 2. The zero-order valence-corrected chi connectivity index (χ0v) is 23.2. The van der Waals surface area contributed by atoms with Crippen LogP contribution in [-0.2, 0) is 23.2 Å². The van der Waals surface area contributed by atoms with Crippen LogP contribution in [0.15, 0.2) is 67.0 Å². The van der Waals surface area contributed by atoms with E-state index in [9.17, 15) is 17.9 Å². The van der Waals surface area contributed by atoms with Gasteiger partial charge in [-0.1, -0.05) is 18.2 Å². The van der Waals surface area contributed by atoms with Crippen molar-refractivity contribution < 1.29 is 32.1 Å². The number of pyridine rings is 1. The summed E-state index contributed by atoms with van der Waals surface area (Å²) < 4.78 is 58.8. The Kier molecular flexibility index (Phi) is 7.16. The Morgan fingerprint density at radius 3 is 2.48 bits per heavy atom. The Hall–Kier alpha value is -4.51. The van der Waals surface area contributed by atoms with Crippen molar-refractivity contribution in [1.82, 2.24) is 9.55 Å². The summed E-state index contributed by atoms with van der Waals surface area (Å²) in [7, 11) is 0.784. The average Bonchev–Trinajstić information content (AvgIpc) is 3.26. The number of sulfonamides is 1. The van der Waals surface area contributed by atoms with E-state index in [1.807, 2.05) is 24.3 Å². The SMILES string of the molecule is COc1ccc(COc2c3ncccc3c(N(C)S(C)(=O)=O)c3cn(Cc4ccc(F)cc4OC)c(O)c23)cc1. The van der Waals surface area contributed by atoms with Crippen molar-refractivity contribution in [3.63, 3.8) is 0 Å². The number of hydrogen-bond acceptors (Lipinski definition) is 7. The molecule has 2 aromatic heterocycles. The highest BCUT2D eigenvalue weighted by atomic mass is 32.2. The molecule has 11 heteroatoms. The van der Waals surface area contributed by atoms with Crippen LogP contribution in [0.4, 0.5) is 10.1 Å². The van der Waals surface area contributed by atoms with E-state index in [2.05, 4.69) is 4.98 Å². The van der Waals surface area contributed by atoms with Crippen molar-refractivity contribution >= 4 is 37.4 Å². The first-order valence-corrected chi connectivity index (χ1v) is 14.1. The van der Waals surface area contributed by atoms with Gasteiger partial charge in [0, 0.05) is 41.8 Å². The Morgan fingerprint density at radius 1 is 1.05 bits per heavy atom. The Morgan fingerprint density at radius 2 is 1.80 bits per heavy atom. The van der Waals surface area contributed by atoms with Crippen molar-refractivity contribution in [3.8, 4) is 23.1 Å². The zero-order chi connectivity index (χ0) is 28.6. The molecular formula is C29H28FN3O6S. The fourth-order valence-electron chi connectivity index (χ4n) is 4.67. The lowest BCUT2D eigenvalue weighted by molar-refractivity contribution is 0.311. The molecule has 0 radical (unpaired) electrons. The number of anilines is 1. The van der Waals surface area contributed by atoms with Crippen molar-refractivity contribution in [2.24, 2.45) is 0 Å². The molecule has 0 saturated carbocycles. The lowest BCUT2D eigenvalue weighted by atomic mass is 10.1. The predicted octanol–water partition coefficient (Wildman–Crippen LogP) is 5.07. The molecule has 0 amide bonds. The number of hydrogen-bond donors (Lipinski definition) is 1. The van der Waals surface area contributed by atoms with E-state index < -0.39 is 15.8 Å². The Balaban J connectivity index is 1.73. The molecule has 40 heavy (non-hydrogen) atoms.